The number of amides is 1. The predicted octanol–water partition coefficient (Wildman–Crippen LogP) is -0.0812. The van der Waals surface area contributed by atoms with Crippen LogP contribution in [0.25, 0.3) is 0 Å². The second-order valence-corrected chi connectivity index (χ2v) is 4.48. The summed E-state index contributed by atoms with van der Waals surface area (Å²) >= 11 is 0. The van der Waals surface area contributed by atoms with Crippen molar-refractivity contribution in [3.05, 3.63) is 23.8 Å². The number of anilines is 1. The average molecular weight is 229 g/mol. The Hall–Kier alpha value is -1.44. The van der Waals surface area contributed by atoms with Crippen LogP contribution in [0, 0.1) is 0 Å². The van der Waals surface area contributed by atoms with Gasteiger partial charge in [-0.25, -0.2) is 0 Å². The van der Waals surface area contributed by atoms with Crippen LogP contribution in [0.15, 0.2) is 23.1 Å². The fourth-order valence-corrected chi connectivity index (χ4v) is 2.13. The van der Waals surface area contributed by atoms with Gasteiger partial charge in [-0.1, -0.05) is 12.1 Å². The van der Waals surface area contributed by atoms with E-state index in [1.807, 2.05) is 0 Å². The number of hydrogen-bond donors (Lipinski definition) is 3. The Labute approximate surface area is 85.3 Å². The van der Waals surface area contributed by atoms with Gasteiger partial charge in [-0.05, 0) is 6.07 Å². The van der Waals surface area contributed by atoms with Crippen LogP contribution in [0.3, 0.4) is 0 Å². The molecule has 0 radical (unpaired) electrons. The third kappa shape index (κ3) is 1.50. The number of aliphatic hydroxyl groups excluding tert-OH is 1. The summed E-state index contributed by atoms with van der Waals surface area (Å²) in [4.78, 5) is 10.7. The Balaban J connectivity index is 2.70. The molecule has 0 aliphatic carbocycles. The molecule has 0 bridgehead atoms. The molecule has 1 amide bonds. The number of hydrogen-bond acceptors (Lipinski definition) is 4. The average Bonchev–Trinajstić information content (AvgIpc) is 2.41. The fourth-order valence-electron chi connectivity index (χ4n) is 1.46. The predicted molar refractivity (Wildman–Crippen MR) is 49.8 cm³/mol. The Morgan fingerprint density at radius 1 is 1.33 bits per heavy atom. The van der Waals surface area contributed by atoms with Crippen molar-refractivity contribution < 1.29 is 22.9 Å². The molecule has 0 fully saturated rings. The maximum Gasteiger partial charge on any atom is 0.296 e. The van der Waals surface area contributed by atoms with Crippen molar-refractivity contribution in [1.82, 2.24) is 0 Å². The zero-order valence-electron chi connectivity index (χ0n) is 7.34. The lowest BCUT2D eigenvalue weighted by Gasteiger charge is -2.04. The minimum Gasteiger partial charge on any atom is -0.378 e. The lowest BCUT2D eigenvalue weighted by molar-refractivity contribution is -0.123. The smallest absolute Gasteiger partial charge is 0.296 e. The van der Waals surface area contributed by atoms with Crippen molar-refractivity contribution in [3.8, 4) is 0 Å². The van der Waals surface area contributed by atoms with E-state index in [2.05, 4.69) is 5.32 Å². The molecule has 1 aromatic carbocycles. The number of carbonyl (C=O) groups excluding carboxylic acids is 1. The summed E-state index contributed by atoms with van der Waals surface area (Å²) in [5.74, 6) is -0.707. The van der Waals surface area contributed by atoms with Crippen molar-refractivity contribution in [2.24, 2.45) is 0 Å². The molecule has 1 heterocycles. The van der Waals surface area contributed by atoms with Crippen LogP contribution in [-0.2, 0) is 14.9 Å². The quantitative estimate of drug-likeness (QED) is 0.584. The summed E-state index contributed by atoms with van der Waals surface area (Å²) in [6.45, 7) is 0. The highest BCUT2D eigenvalue weighted by molar-refractivity contribution is 7.86. The van der Waals surface area contributed by atoms with Gasteiger partial charge in [-0.3, -0.25) is 9.35 Å². The first-order chi connectivity index (χ1) is 6.91. The minimum absolute atomic E-state index is 0.0579. The number of fused-ring (bicyclic) bond motifs is 1. The molecule has 1 atom stereocenters. The molecule has 1 aliphatic rings. The first-order valence-electron chi connectivity index (χ1n) is 4.00. The molecule has 1 aliphatic heterocycles. The second kappa shape index (κ2) is 3.02. The topological polar surface area (TPSA) is 104 Å². The molecule has 0 saturated heterocycles. The van der Waals surface area contributed by atoms with E-state index in [1.54, 1.807) is 0 Å². The van der Waals surface area contributed by atoms with Gasteiger partial charge < -0.3 is 10.4 Å². The summed E-state index contributed by atoms with van der Waals surface area (Å²) in [5.41, 5.74) is 0.0904. The molecule has 0 spiro atoms. The highest BCUT2D eigenvalue weighted by atomic mass is 32.2. The molecule has 7 heteroatoms. The first-order valence-corrected chi connectivity index (χ1v) is 5.44. The molecule has 0 unspecified atom stereocenters. The van der Waals surface area contributed by atoms with Crippen molar-refractivity contribution in [1.29, 1.82) is 0 Å². The normalized spacial score (nSPS) is 19.9. The number of nitrogens with one attached hydrogen (secondary N) is 1. The van der Waals surface area contributed by atoms with Gasteiger partial charge in [0.05, 0.1) is 5.69 Å². The largest absolute Gasteiger partial charge is 0.378 e. The van der Waals surface area contributed by atoms with E-state index in [4.69, 9.17) is 4.55 Å². The highest BCUT2D eigenvalue weighted by Gasteiger charge is 2.32. The lowest BCUT2D eigenvalue weighted by Crippen LogP contribution is -2.11. The van der Waals surface area contributed by atoms with E-state index in [0.717, 1.165) is 6.07 Å². The van der Waals surface area contributed by atoms with Gasteiger partial charge in [0, 0.05) is 5.56 Å². The lowest BCUT2D eigenvalue weighted by atomic mass is 10.1. The van der Waals surface area contributed by atoms with E-state index in [0.29, 0.717) is 0 Å². The van der Waals surface area contributed by atoms with Crippen LogP contribution < -0.4 is 5.32 Å². The Morgan fingerprint density at radius 2 is 2.00 bits per heavy atom. The fraction of sp³-hybridized carbons (Fsp3) is 0.125. The standard InChI is InChI=1S/C8H7NO5S/c10-7-4-2-1-3-5(15(12,13)14)6(4)9-8(7)11/h1-3,7,10H,(H,9,11)(H,12,13,14)/t7-/m1/s1. The Kier molecular flexibility index (Phi) is 2.03. The summed E-state index contributed by atoms with van der Waals surface area (Å²) < 4.78 is 30.7. The monoisotopic (exact) mass is 229 g/mol. The first kappa shape index (κ1) is 10.1. The third-order valence-corrected chi connectivity index (χ3v) is 3.02. The SMILES string of the molecule is O=C1Nc2c(cccc2S(=O)(=O)O)[C@H]1O. The van der Waals surface area contributed by atoms with Crippen LogP contribution in [0.5, 0.6) is 0 Å². The second-order valence-electron chi connectivity index (χ2n) is 3.09. The van der Waals surface area contributed by atoms with E-state index in [1.165, 1.54) is 12.1 Å². The number of rotatable bonds is 1. The van der Waals surface area contributed by atoms with E-state index in [9.17, 15) is 18.3 Å². The summed E-state index contributed by atoms with van der Waals surface area (Å²) in [7, 11) is -4.40. The molecular formula is C8H7NO5S. The van der Waals surface area contributed by atoms with Crippen LogP contribution in [0.4, 0.5) is 5.69 Å². The number of carbonyl (C=O) groups is 1. The Bertz CT molecular complexity index is 536. The van der Waals surface area contributed by atoms with E-state index in [-0.39, 0.29) is 11.3 Å². The molecule has 80 valence electrons. The maximum atomic E-state index is 11.1. The van der Waals surface area contributed by atoms with Crippen LogP contribution >= 0.6 is 0 Å². The van der Waals surface area contributed by atoms with E-state index >= 15 is 0 Å². The maximum absolute atomic E-state index is 11.1. The summed E-state index contributed by atoms with van der Waals surface area (Å²) in [6, 6.07) is 3.89. The highest BCUT2D eigenvalue weighted by Crippen LogP contribution is 2.35. The van der Waals surface area contributed by atoms with Crippen molar-refractivity contribution in [3.63, 3.8) is 0 Å². The van der Waals surface area contributed by atoms with Gasteiger partial charge in [-0.15, -0.1) is 0 Å². The molecule has 0 saturated carbocycles. The van der Waals surface area contributed by atoms with Gasteiger partial charge in [0.2, 0.25) is 0 Å². The molecule has 6 nitrogen and oxygen atoms in total. The minimum atomic E-state index is -4.40. The number of benzene rings is 1. The molecule has 3 N–H and O–H groups in total. The number of para-hydroxylation sites is 1. The van der Waals surface area contributed by atoms with E-state index < -0.39 is 27.0 Å². The molecule has 1 aromatic rings. The van der Waals surface area contributed by atoms with Crippen LogP contribution in [0.2, 0.25) is 0 Å². The van der Waals surface area contributed by atoms with Crippen molar-refractivity contribution >= 4 is 21.7 Å². The molecule has 2 rings (SSSR count). The zero-order chi connectivity index (χ0) is 11.2. The van der Waals surface area contributed by atoms with Crippen LogP contribution in [0.1, 0.15) is 11.7 Å². The van der Waals surface area contributed by atoms with Gasteiger partial charge in [-0.2, -0.15) is 8.42 Å². The number of aliphatic hydroxyl groups is 1. The van der Waals surface area contributed by atoms with Crippen molar-refractivity contribution in [2.75, 3.05) is 5.32 Å². The molecular weight excluding hydrogens is 222 g/mol. The zero-order valence-corrected chi connectivity index (χ0v) is 8.15. The third-order valence-electron chi connectivity index (χ3n) is 2.13. The van der Waals surface area contributed by atoms with Gasteiger partial charge in [0.25, 0.3) is 16.0 Å². The van der Waals surface area contributed by atoms with Gasteiger partial charge in [0.15, 0.2) is 6.10 Å². The molecule has 0 aromatic heterocycles. The molecule has 15 heavy (non-hydrogen) atoms. The van der Waals surface area contributed by atoms with Gasteiger partial charge >= 0.3 is 0 Å². The van der Waals surface area contributed by atoms with Crippen molar-refractivity contribution in [2.45, 2.75) is 11.0 Å². The summed E-state index contributed by atoms with van der Waals surface area (Å²) in [5, 5.41) is 11.5. The summed E-state index contributed by atoms with van der Waals surface area (Å²) in [6.07, 6.45) is -1.39. The van der Waals surface area contributed by atoms with Crippen LogP contribution in [-0.4, -0.2) is 24.0 Å². The Morgan fingerprint density at radius 3 is 2.60 bits per heavy atom. The van der Waals surface area contributed by atoms with Gasteiger partial charge in [0.1, 0.15) is 4.90 Å².